The van der Waals surface area contributed by atoms with Crippen LogP contribution in [0.1, 0.15) is 5.69 Å². The number of rotatable bonds is 3. The molecule has 0 fully saturated rings. The second-order valence-corrected chi connectivity index (χ2v) is 7.82. The molecule has 0 spiro atoms. The summed E-state index contributed by atoms with van der Waals surface area (Å²) in [5.74, 6) is 0. The van der Waals surface area contributed by atoms with Gasteiger partial charge in [-0.05, 0) is 28.5 Å². The van der Waals surface area contributed by atoms with E-state index in [1.807, 2.05) is 49.5 Å². The Hall–Kier alpha value is -3.99. The quantitative estimate of drug-likeness (QED) is 0.394. The van der Waals surface area contributed by atoms with Crippen LogP contribution in [0.3, 0.4) is 0 Å². The van der Waals surface area contributed by atoms with Gasteiger partial charge in [-0.1, -0.05) is 48.0 Å². The highest BCUT2D eigenvalue weighted by atomic mass is 35.5. The van der Waals surface area contributed by atoms with Gasteiger partial charge in [0.15, 0.2) is 0 Å². The Kier molecular flexibility index (Phi) is 4.74. The number of halogens is 1. The number of aromatic amines is 1. The van der Waals surface area contributed by atoms with Crippen LogP contribution in [0.2, 0.25) is 5.02 Å². The maximum Gasteiger partial charge on any atom is 0.273 e. The third-order valence-corrected chi connectivity index (χ3v) is 5.93. The molecule has 0 aliphatic rings. The highest BCUT2D eigenvalue weighted by molar-refractivity contribution is 6.36. The Bertz CT molecular complexity index is 1630. The van der Waals surface area contributed by atoms with Gasteiger partial charge in [-0.25, -0.2) is 9.94 Å². The molecule has 5 rings (SSSR count). The van der Waals surface area contributed by atoms with E-state index in [0.717, 1.165) is 33.2 Å². The van der Waals surface area contributed by atoms with Gasteiger partial charge >= 0.3 is 0 Å². The van der Waals surface area contributed by atoms with Crippen molar-refractivity contribution in [3.63, 3.8) is 0 Å². The highest BCUT2D eigenvalue weighted by Crippen LogP contribution is 2.42. The molecule has 0 aliphatic heterocycles. The number of hydrogen-bond donors (Lipinski definition) is 2. The van der Waals surface area contributed by atoms with Crippen LogP contribution in [-0.4, -0.2) is 20.0 Å². The minimum atomic E-state index is -0.370. The molecule has 2 aromatic heterocycles. The largest absolute Gasteiger partial charge is 0.325 e. The van der Waals surface area contributed by atoms with Crippen LogP contribution in [0.5, 0.6) is 0 Å². The lowest BCUT2D eigenvalue weighted by molar-refractivity contribution is 0.776. The van der Waals surface area contributed by atoms with Gasteiger partial charge in [-0.2, -0.15) is 10.2 Å². The maximum absolute atomic E-state index is 12.3. The van der Waals surface area contributed by atoms with Gasteiger partial charge < -0.3 is 5.73 Å². The fourth-order valence-electron chi connectivity index (χ4n) is 4.15. The van der Waals surface area contributed by atoms with Crippen LogP contribution in [0, 0.1) is 6.57 Å². The van der Waals surface area contributed by atoms with E-state index in [0.29, 0.717) is 27.2 Å². The summed E-state index contributed by atoms with van der Waals surface area (Å²) in [4.78, 5) is 16.2. The smallest absolute Gasteiger partial charge is 0.273 e. The van der Waals surface area contributed by atoms with E-state index in [9.17, 15) is 4.79 Å². The Morgan fingerprint density at radius 2 is 1.97 bits per heavy atom. The van der Waals surface area contributed by atoms with Crippen molar-refractivity contribution in [2.45, 2.75) is 6.54 Å². The third kappa shape index (κ3) is 2.97. The number of nitrogens with zero attached hydrogens (tertiary/aromatic N) is 4. The molecular formula is C24H17ClN6O. The van der Waals surface area contributed by atoms with Crippen LogP contribution in [-0.2, 0) is 13.6 Å². The van der Waals surface area contributed by atoms with E-state index in [1.54, 1.807) is 16.9 Å². The lowest BCUT2D eigenvalue weighted by atomic mass is 9.96. The van der Waals surface area contributed by atoms with E-state index in [-0.39, 0.29) is 12.1 Å². The van der Waals surface area contributed by atoms with Gasteiger partial charge in [0, 0.05) is 30.1 Å². The molecule has 2 heterocycles. The van der Waals surface area contributed by atoms with Crippen molar-refractivity contribution < 1.29 is 0 Å². The number of hydrogen-bond acceptors (Lipinski definition) is 4. The molecule has 0 saturated carbocycles. The predicted molar refractivity (Wildman–Crippen MR) is 127 cm³/mol. The van der Waals surface area contributed by atoms with Crippen molar-refractivity contribution in [1.82, 2.24) is 20.0 Å². The first kappa shape index (κ1) is 19.9. The molecule has 0 atom stereocenters. The lowest BCUT2D eigenvalue weighted by Crippen LogP contribution is -2.13. The summed E-state index contributed by atoms with van der Waals surface area (Å²) >= 11 is 6.52. The minimum Gasteiger partial charge on any atom is -0.325 e. The predicted octanol–water partition coefficient (Wildman–Crippen LogP) is 4.81. The van der Waals surface area contributed by atoms with Crippen LogP contribution in [0.4, 0.5) is 5.69 Å². The molecule has 7 nitrogen and oxygen atoms in total. The molecule has 0 saturated heterocycles. The third-order valence-electron chi connectivity index (χ3n) is 5.63. The van der Waals surface area contributed by atoms with Crippen molar-refractivity contribution in [1.29, 1.82) is 0 Å². The first-order chi connectivity index (χ1) is 15.5. The number of nitrogens with one attached hydrogen (secondary N) is 1. The minimum absolute atomic E-state index is 0.152. The monoisotopic (exact) mass is 440 g/mol. The van der Waals surface area contributed by atoms with Gasteiger partial charge in [0.1, 0.15) is 0 Å². The fourth-order valence-corrected chi connectivity index (χ4v) is 4.45. The van der Waals surface area contributed by atoms with Crippen LogP contribution >= 0.6 is 11.6 Å². The van der Waals surface area contributed by atoms with Crippen LogP contribution in [0.15, 0.2) is 59.5 Å². The Morgan fingerprint density at radius 3 is 2.75 bits per heavy atom. The summed E-state index contributed by atoms with van der Waals surface area (Å²) in [5, 5.41) is 14.1. The normalized spacial score (nSPS) is 11.2. The van der Waals surface area contributed by atoms with Crippen molar-refractivity contribution >= 4 is 38.8 Å². The summed E-state index contributed by atoms with van der Waals surface area (Å²) in [6.07, 6.45) is 1.73. The second-order valence-electron chi connectivity index (χ2n) is 7.41. The van der Waals surface area contributed by atoms with E-state index < -0.39 is 0 Å². The number of aromatic nitrogens is 4. The molecule has 5 aromatic rings. The van der Waals surface area contributed by atoms with Crippen LogP contribution in [0.25, 0.3) is 48.8 Å². The molecule has 8 heteroatoms. The molecule has 32 heavy (non-hydrogen) atoms. The van der Waals surface area contributed by atoms with Crippen molar-refractivity contribution in [2.75, 3.05) is 0 Å². The first-order valence-electron chi connectivity index (χ1n) is 9.86. The summed E-state index contributed by atoms with van der Waals surface area (Å²) in [6.45, 7) is 8.00. The van der Waals surface area contributed by atoms with E-state index in [2.05, 4.69) is 20.1 Å². The van der Waals surface area contributed by atoms with Gasteiger partial charge in [0.25, 0.3) is 5.56 Å². The first-order valence-corrected chi connectivity index (χ1v) is 10.2. The molecule has 0 aliphatic carbocycles. The van der Waals surface area contributed by atoms with Gasteiger partial charge in [-0.15, -0.1) is 0 Å². The van der Waals surface area contributed by atoms with Crippen molar-refractivity contribution in [2.24, 2.45) is 12.8 Å². The van der Waals surface area contributed by atoms with Gasteiger partial charge in [0.05, 0.1) is 34.6 Å². The van der Waals surface area contributed by atoms with Crippen molar-refractivity contribution in [3.05, 3.63) is 87.2 Å². The molecule has 0 unspecified atom stereocenters. The number of H-pyrrole nitrogens is 1. The number of aryl methyl sites for hydroxylation is 1. The summed E-state index contributed by atoms with van der Waals surface area (Å²) in [6, 6.07) is 15.3. The summed E-state index contributed by atoms with van der Waals surface area (Å²) in [7, 11) is 1.84. The Balaban J connectivity index is 1.82. The molecule has 156 valence electrons. The standard InChI is InChI=1S/C24H17ClN6O/c1-27-22-15-6-4-3-5-13(15)7-8-16(22)23-18(12-28-31(23)2)14-9-17-20(11-26)29-30-24(32)21(17)19(25)10-14/h3-10,12H,11,26H2,2H3,(H,30,32). The Morgan fingerprint density at radius 1 is 1.16 bits per heavy atom. The maximum atomic E-state index is 12.3. The molecule has 0 bridgehead atoms. The Labute approximate surface area is 187 Å². The summed E-state index contributed by atoms with van der Waals surface area (Å²) < 4.78 is 1.74. The second kappa shape index (κ2) is 7.61. The number of nitrogens with two attached hydrogens (primary N) is 1. The number of fused-ring (bicyclic) bond motifs is 2. The van der Waals surface area contributed by atoms with E-state index in [4.69, 9.17) is 23.9 Å². The lowest BCUT2D eigenvalue weighted by Gasteiger charge is -2.12. The van der Waals surface area contributed by atoms with E-state index >= 15 is 0 Å². The topological polar surface area (TPSA) is 93.9 Å². The van der Waals surface area contributed by atoms with Crippen molar-refractivity contribution in [3.8, 4) is 22.4 Å². The molecular weight excluding hydrogens is 424 g/mol. The van der Waals surface area contributed by atoms with Crippen LogP contribution < -0.4 is 11.3 Å². The zero-order valence-electron chi connectivity index (χ0n) is 17.1. The van der Waals surface area contributed by atoms with E-state index in [1.165, 1.54) is 0 Å². The summed E-state index contributed by atoms with van der Waals surface area (Å²) in [5.41, 5.74) is 9.68. The average molecular weight is 441 g/mol. The average Bonchev–Trinajstić information content (AvgIpc) is 3.19. The SMILES string of the molecule is [C-]#[N+]c1c(-c2c(-c3cc(Cl)c4c(=O)[nH]nc(CN)c4c3)cnn2C)ccc2ccccc12. The van der Waals surface area contributed by atoms with Gasteiger partial charge in [0.2, 0.25) is 5.69 Å². The fraction of sp³-hybridized carbons (Fsp3) is 0.0833. The zero-order valence-corrected chi connectivity index (χ0v) is 17.8. The number of benzene rings is 3. The molecule has 0 radical (unpaired) electrons. The zero-order chi connectivity index (χ0) is 22.4. The van der Waals surface area contributed by atoms with Gasteiger partial charge in [-0.3, -0.25) is 9.48 Å². The highest BCUT2D eigenvalue weighted by Gasteiger charge is 2.20. The molecule has 3 aromatic carbocycles. The molecule has 0 amide bonds. The molecule has 3 N–H and O–H groups in total.